The summed E-state index contributed by atoms with van der Waals surface area (Å²) in [7, 11) is 0. The van der Waals surface area contributed by atoms with Gasteiger partial charge in [0, 0.05) is 24.3 Å². The smallest absolute Gasteiger partial charge is 0.293 e. The molecule has 92 valence electrons. The number of nitrogens with zero attached hydrogens (tertiary/aromatic N) is 3. The summed E-state index contributed by atoms with van der Waals surface area (Å²) in [6.07, 6.45) is 3.39. The summed E-state index contributed by atoms with van der Waals surface area (Å²) in [5.74, 6) is 0.423. The Kier molecular flexibility index (Phi) is 2.44. The number of aromatic nitrogens is 3. The Hall–Kier alpha value is -2.10. The van der Waals surface area contributed by atoms with Gasteiger partial charge in [-0.15, -0.1) is 0 Å². The molecule has 18 heavy (non-hydrogen) atoms. The van der Waals surface area contributed by atoms with E-state index in [2.05, 4.69) is 18.8 Å². The summed E-state index contributed by atoms with van der Waals surface area (Å²) in [4.78, 5) is 16.7. The van der Waals surface area contributed by atoms with Gasteiger partial charge in [-0.2, -0.15) is 0 Å². The van der Waals surface area contributed by atoms with Crippen LogP contribution in [0.3, 0.4) is 0 Å². The molecule has 0 spiro atoms. The molecule has 0 aliphatic rings. The van der Waals surface area contributed by atoms with E-state index in [1.54, 1.807) is 16.8 Å². The molecule has 3 aromatic rings. The van der Waals surface area contributed by atoms with Crippen LogP contribution in [0, 0.1) is 5.92 Å². The molecule has 0 N–H and O–H groups in total. The SMILES string of the molecule is CC(C)Cn1c(=O)n2ccnc2c2ccccc21. The van der Waals surface area contributed by atoms with Gasteiger partial charge in [0.25, 0.3) is 0 Å². The van der Waals surface area contributed by atoms with E-state index in [0.717, 1.165) is 16.6 Å². The standard InChI is InChI=1S/C14H15N3O/c1-10(2)9-17-12-6-4-3-5-11(12)13-15-7-8-16(13)14(17)18/h3-8,10H,9H2,1-2H3. The number of imidazole rings is 1. The number of hydrogen-bond acceptors (Lipinski definition) is 2. The summed E-state index contributed by atoms with van der Waals surface area (Å²) in [5.41, 5.74) is 1.67. The first kappa shape index (κ1) is 11.0. The van der Waals surface area contributed by atoms with Crippen molar-refractivity contribution in [2.24, 2.45) is 5.92 Å². The minimum Gasteiger partial charge on any atom is -0.293 e. The van der Waals surface area contributed by atoms with Gasteiger partial charge in [-0.05, 0) is 18.1 Å². The minimum atomic E-state index is -0.0186. The van der Waals surface area contributed by atoms with Gasteiger partial charge in [0.05, 0.1) is 5.52 Å². The van der Waals surface area contributed by atoms with Crippen LogP contribution in [-0.2, 0) is 6.54 Å². The maximum atomic E-state index is 12.4. The van der Waals surface area contributed by atoms with Gasteiger partial charge in [0.15, 0.2) is 0 Å². The molecule has 4 heteroatoms. The van der Waals surface area contributed by atoms with Crippen molar-refractivity contribution in [2.45, 2.75) is 20.4 Å². The number of benzene rings is 1. The molecule has 0 radical (unpaired) electrons. The summed E-state index contributed by atoms with van der Waals surface area (Å²) in [6.45, 7) is 4.94. The molecular formula is C14H15N3O. The molecule has 2 aromatic heterocycles. The lowest BCUT2D eigenvalue weighted by Crippen LogP contribution is -2.28. The third-order valence-corrected chi connectivity index (χ3v) is 3.06. The van der Waals surface area contributed by atoms with E-state index >= 15 is 0 Å². The van der Waals surface area contributed by atoms with Crippen LogP contribution < -0.4 is 5.69 Å². The van der Waals surface area contributed by atoms with Crippen LogP contribution in [0.1, 0.15) is 13.8 Å². The topological polar surface area (TPSA) is 39.3 Å². The molecule has 0 aliphatic heterocycles. The van der Waals surface area contributed by atoms with Crippen molar-refractivity contribution in [3.8, 4) is 0 Å². The highest BCUT2D eigenvalue weighted by atomic mass is 16.1. The van der Waals surface area contributed by atoms with Gasteiger partial charge >= 0.3 is 5.69 Å². The van der Waals surface area contributed by atoms with Crippen LogP contribution in [-0.4, -0.2) is 14.0 Å². The van der Waals surface area contributed by atoms with Gasteiger partial charge in [-0.1, -0.05) is 26.0 Å². The van der Waals surface area contributed by atoms with E-state index < -0.39 is 0 Å². The maximum Gasteiger partial charge on any atom is 0.334 e. The second-order valence-electron chi connectivity index (χ2n) is 4.93. The molecule has 0 unspecified atom stereocenters. The fraction of sp³-hybridized carbons (Fsp3) is 0.286. The van der Waals surface area contributed by atoms with E-state index in [1.807, 2.05) is 28.8 Å². The number of fused-ring (bicyclic) bond motifs is 3. The van der Waals surface area contributed by atoms with Gasteiger partial charge in [0.1, 0.15) is 5.65 Å². The molecule has 0 saturated heterocycles. The molecule has 3 rings (SSSR count). The molecule has 1 aromatic carbocycles. The summed E-state index contributed by atoms with van der Waals surface area (Å²) < 4.78 is 3.44. The van der Waals surface area contributed by atoms with Crippen molar-refractivity contribution in [3.05, 3.63) is 47.1 Å². The summed E-state index contributed by atoms with van der Waals surface area (Å²) in [6, 6.07) is 7.92. The average molecular weight is 241 g/mol. The van der Waals surface area contributed by atoms with Crippen molar-refractivity contribution in [3.63, 3.8) is 0 Å². The van der Waals surface area contributed by atoms with Gasteiger partial charge in [-0.25, -0.2) is 9.78 Å². The van der Waals surface area contributed by atoms with E-state index in [-0.39, 0.29) is 5.69 Å². The summed E-state index contributed by atoms with van der Waals surface area (Å²) >= 11 is 0. The fourth-order valence-corrected chi connectivity index (χ4v) is 2.33. The molecule has 0 bridgehead atoms. The van der Waals surface area contributed by atoms with E-state index in [1.165, 1.54) is 0 Å². The molecular weight excluding hydrogens is 226 g/mol. The van der Waals surface area contributed by atoms with Crippen molar-refractivity contribution in [1.29, 1.82) is 0 Å². The zero-order valence-corrected chi connectivity index (χ0v) is 10.5. The summed E-state index contributed by atoms with van der Waals surface area (Å²) in [5, 5.41) is 1.02. The maximum absolute atomic E-state index is 12.4. The van der Waals surface area contributed by atoms with Crippen LogP contribution in [0.4, 0.5) is 0 Å². The molecule has 0 amide bonds. The van der Waals surface area contributed by atoms with Crippen LogP contribution in [0.5, 0.6) is 0 Å². The van der Waals surface area contributed by atoms with Crippen LogP contribution >= 0.6 is 0 Å². The lowest BCUT2D eigenvalue weighted by Gasteiger charge is -2.13. The normalized spacial score (nSPS) is 11.7. The predicted molar refractivity (Wildman–Crippen MR) is 71.8 cm³/mol. The Morgan fingerprint density at radius 3 is 2.83 bits per heavy atom. The molecule has 4 nitrogen and oxygen atoms in total. The van der Waals surface area contributed by atoms with Crippen LogP contribution in [0.2, 0.25) is 0 Å². The zero-order valence-electron chi connectivity index (χ0n) is 10.5. The Bertz CT molecular complexity index is 767. The van der Waals surface area contributed by atoms with Crippen molar-refractivity contribution < 1.29 is 0 Å². The highest BCUT2D eigenvalue weighted by molar-refractivity contribution is 5.91. The second kappa shape index (κ2) is 3.98. The first-order chi connectivity index (χ1) is 8.68. The Morgan fingerprint density at radius 2 is 2.06 bits per heavy atom. The number of rotatable bonds is 2. The van der Waals surface area contributed by atoms with Crippen LogP contribution in [0.25, 0.3) is 16.6 Å². The number of para-hydroxylation sites is 1. The van der Waals surface area contributed by atoms with Crippen LogP contribution in [0.15, 0.2) is 41.5 Å². The predicted octanol–water partition coefficient (Wildman–Crippen LogP) is 2.31. The third-order valence-electron chi connectivity index (χ3n) is 3.06. The van der Waals surface area contributed by atoms with Gasteiger partial charge < -0.3 is 0 Å². The van der Waals surface area contributed by atoms with Crippen molar-refractivity contribution >= 4 is 16.6 Å². The molecule has 0 atom stereocenters. The Morgan fingerprint density at radius 1 is 1.28 bits per heavy atom. The lowest BCUT2D eigenvalue weighted by atomic mass is 10.2. The molecule has 2 heterocycles. The highest BCUT2D eigenvalue weighted by Gasteiger charge is 2.11. The lowest BCUT2D eigenvalue weighted by molar-refractivity contribution is 0.514. The minimum absolute atomic E-state index is 0.0186. The first-order valence-electron chi connectivity index (χ1n) is 6.13. The Balaban J connectivity index is 2.49. The third kappa shape index (κ3) is 1.53. The van der Waals surface area contributed by atoms with Gasteiger partial charge in [0.2, 0.25) is 0 Å². The average Bonchev–Trinajstić information content (AvgIpc) is 2.83. The fourth-order valence-electron chi connectivity index (χ4n) is 2.33. The Labute approximate surface area is 105 Å². The molecule has 0 fully saturated rings. The number of hydrogen-bond donors (Lipinski definition) is 0. The quantitative estimate of drug-likeness (QED) is 0.690. The van der Waals surface area contributed by atoms with E-state index in [9.17, 15) is 4.79 Å². The highest BCUT2D eigenvalue weighted by Crippen LogP contribution is 2.17. The second-order valence-corrected chi connectivity index (χ2v) is 4.93. The van der Waals surface area contributed by atoms with E-state index in [0.29, 0.717) is 12.5 Å². The zero-order chi connectivity index (χ0) is 12.7. The monoisotopic (exact) mass is 241 g/mol. The van der Waals surface area contributed by atoms with E-state index in [4.69, 9.17) is 0 Å². The molecule has 0 saturated carbocycles. The largest absolute Gasteiger partial charge is 0.334 e. The van der Waals surface area contributed by atoms with Crippen molar-refractivity contribution in [2.75, 3.05) is 0 Å². The first-order valence-corrected chi connectivity index (χ1v) is 6.13. The van der Waals surface area contributed by atoms with Gasteiger partial charge in [-0.3, -0.25) is 8.97 Å². The van der Waals surface area contributed by atoms with Crippen molar-refractivity contribution in [1.82, 2.24) is 14.0 Å². The molecule has 0 aliphatic carbocycles.